The van der Waals surface area contributed by atoms with E-state index in [1.54, 1.807) is 23.1 Å². The fourth-order valence-corrected chi connectivity index (χ4v) is 4.98. The van der Waals surface area contributed by atoms with Crippen molar-refractivity contribution in [1.82, 2.24) is 4.90 Å². The van der Waals surface area contributed by atoms with Gasteiger partial charge in [0.05, 0.1) is 0 Å². The molecule has 2 aromatic rings. The molecule has 2 aliphatic heterocycles. The highest BCUT2D eigenvalue weighted by Gasteiger charge is 2.57. The largest absolute Gasteiger partial charge is 0.325 e. The van der Waals surface area contributed by atoms with Gasteiger partial charge in [0.25, 0.3) is 0 Å². The second kappa shape index (κ2) is 7.51. The lowest BCUT2D eigenvalue weighted by Crippen LogP contribution is -2.56. The van der Waals surface area contributed by atoms with Crippen LogP contribution in [0.5, 0.6) is 0 Å². The Morgan fingerprint density at radius 2 is 1.97 bits per heavy atom. The van der Waals surface area contributed by atoms with Crippen molar-refractivity contribution in [1.29, 1.82) is 0 Å². The maximum Gasteiger partial charge on any atom is 0.237 e. The van der Waals surface area contributed by atoms with Crippen LogP contribution in [-0.2, 0) is 15.0 Å². The summed E-state index contributed by atoms with van der Waals surface area (Å²) < 4.78 is 0. The Balaban J connectivity index is 1.89. The van der Waals surface area contributed by atoms with Gasteiger partial charge in [0.1, 0.15) is 5.41 Å². The first-order valence-electron chi connectivity index (χ1n) is 9.72. The van der Waals surface area contributed by atoms with Gasteiger partial charge in [0.2, 0.25) is 11.8 Å². The molecule has 0 unspecified atom stereocenters. The number of carbonyl (C=O) groups excluding carboxylic acids is 2. The van der Waals surface area contributed by atoms with Crippen molar-refractivity contribution in [3.8, 4) is 0 Å². The maximum atomic E-state index is 13.5. The molecule has 4 rings (SSSR count). The van der Waals surface area contributed by atoms with E-state index in [0.29, 0.717) is 22.2 Å². The number of carbonyl (C=O) groups is 2. The van der Waals surface area contributed by atoms with Crippen molar-refractivity contribution in [2.45, 2.75) is 37.5 Å². The number of fused-ring (bicyclic) bond motifs is 2. The average molecular weight is 429 g/mol. The number of allylic oxidation sites excluding steroid dienone is 1. The number of hydrogen-bond donors (Lipinski definition) is 1. The molecule has 0 aliphatic carbocycles. The fraction of sp³-hybridized carbons (Fsp3) is 0.304. The zero-order chi connectivity index (χ0) is 20.8. The molecule has 2 amide bonds. The van der Waals surface area contributed by atoms with E-state index < -0.39 is 5.41 Å². The van der Waals surface area contributed by atoms with Gasteiger partial charge in [-0.3, -0.25) is 9.59 Å². The van der Waals surface area contributed by atoms with Gasteiger partial charge in [-0.2, -0.15) is 0 Å². The summed E-state index contributed by atoms with van der Waals surface area (Å²) in [6.07, 6.45) is 1.79. The van der Waals surface area contributed by atoms with E-state index in [-0.39, 0.29) is 30.7 Å². The van der Waals surface area contributed by atoms with Crippen LogP contribution >= 0.6 is 23.2 Å². The topological polar surface area (TPSA) is 49.4 Å². The first-order chi connectivity index (χ1) is 13.9. The zero-order valence-corrected chi connectivity index (χ0v) is 17.7. The first-order valence-corrected chi connectivity index (χ1v) is 10.5. The second-order valence-corrected chi connectivity index (χ2v) is 8.60. The minimum atomic E-state index is -0.921. The van der Waals surface area contributed by atoms with Crippen molar-refractivity contribution in [2.75, 3.05) is 11.9 Å². The highest BCUT2D eigenvalue weighted by atomic mass is 35.5. The van der Waals surface area contributed by atoms with Gasteiger partial charge in [-0.05, 0) is 41.8 Å². The lowest BCUT2D eigenvalue weighted by molar-refractivity contribution is -0.137. The van der Waals surface area contributed by atoms with Gasteiger partial charge in [0, 0.05) is 40.3 Å². The number of anilines is 1. The Kier molecular flexibility index (Phi) is 5.18. The van der Waals surface area contributed by atoms with Crippen molar-refractivity contribution >= 4 is 40.7 Å². The third-order valence-electron chi connectivity index (χ3n) is 5.97. The molecule has 0 bridgehead atoms. The number of piperidine rings is 1. The molecule has 2 heterocycles. The molecule has 150 valence electrons. The predicted octanol–water partition coefficient (Wildman–Crippen LogP) is 5.51. The van der Waals surface area contributed by atoms with Gasteiger partial charge in [-0.1, -0.05) is 61.3 Å². The molecule has 2 atom stereocenters. The number of nitrogens with zero attached hydrogens (tertiary/aromatic N) is 1. The summed E-state index contributed by atoms with van der Waals surface area (Å²) in [5.41, 5.74) is 2.26. The Labute approximate surface area is 180 Å². The van der Waals surface area contributed by atoms with Gasteiger partial charge in [0.15, 0.2) is 0 Å². The fourth-order valence-electron chi connectivity index (χ4n) is 4.61. The summed E-state index contributed by atoms with van der Waals surface area (Å²) >= 11 is 12.4. The van der Waals surface area contributed by atoms with E-state index in [1.165, 1.54) is 0 Å². The summed E-state index contributed by atoms with van der Waals surface area (Å²) in [6.45, 7) is 6.41. The molecule has 1 spiro atoms. The van der Waals surface area contributed by atoms with E-state index in [0.717, 1.165) is 23.2 Å². The van der Waals surface area contributed by atoms with Crippen LogP contribution < -0.4 is 5.32 Å². The highest BCUT2D eigenvalue weighted by Crippen LogP contribution is 2.52. The molecule has 6 heteroatoms. The third-order valence-corrected chi connectivity index (χ3v) is 6.44. The Hall–Kier alpha value is -2.30. The minimum Gasteiger partial charge on any atom is -0.325 e. The number of rotatable bonds is 4. The Bertz CT molecular complexity index is 1020. The molecule has 1 N–H and O–H groups in total. The molecule has 2 aromatic carbocycles. The standard InChI is InChI=1S/C23H22Cl2N2O2/c1-3-5-14(2)27-13-23(18-9-8-17(25)11-20(18)26-22(23)29)19(12-21(27)28)15-6-4-7-16(24)10-15/h4,6-11,19H,2-3,5,12-13H2,1H3,(H,26,29)/t19-,23-/m0/s1. The normalized spacial score (nSPS) is 23.3. The van der Waals surface area contributed by atoms with E-state index in [2.05, 4.69) is 11.9 Å². The van der Waals surface area contributed by atoms with Gasteiger partial charge < -0.3 is 10.2 Å². The summed E-state index contributed by atoms with van der Waals surface area (Å²) in [7, 11) is 0. The number of amides is 2. The quantitative estimate of drug-likeness (QED) is 0.697. The Morgan fingerprint density at radius 1 is 1.21 bits per heavy atom. The molecule has 0 radical (unpaired) electrons. The molecule has 1 saturated heterocycles. The number of likely N-dealkylation sites (tertiary alicyclic amines) is 1. The summed E-state index contributed by atoms with van der Waals surface area (Å²) in [5.74, 6) is -0.474. The molecular weight excluding hydrogens is 407 g/mol. The highest BCUT2D eigenvalue weighted by molar-refractivity contribution is 6.31. The summed E-state index contributed by atoms with van der Waals surface area (Å²) in [5, 5.41) is 4.13. The van der Waals surface area contributed by atoms with Crippen molar-refractivity contribution < 1.29 is 9.59 Å². The van der Waals surface area contributed by atoms with E-state index >= 15 is 0 Å². The van der Waals surface area contributed by atoms with Crippen LogP contribution in [-0.4, -0.2) is 23.3 Å². The zero-order valence-electron chi connectivity index (χ0n) is 16.2. The van der Waals surface area contributed by atoms with Crippen molar-refractivity contribution in [3.63, 3.8) is 0 Å². The SMILES string of the molecule is C=C(CCC)N1C[C@@]2(C(=O)Nc3cc(Cl)ccc32)[C@H](c2cccc(Cl)c2)CC1=O. The first kappa shape index (κ1) is 20.0. The monoisotopic (exact) mass is 428 g/mol. The Morgan fingerprint density at radius 3 is 2.69 bits per heavy atom. The smallest absolute Gasteiger partial charge is 0.237 e. The van der Waals surface area contributed by atoms with Crippen LogP contribution in [0.2, 0.25) is 10.0 Å². The number of nitrogens with one attached hydrogen (secondary N) is 1. The number of halogens is 2. The van der Waals surface area contributed by atoms with Crippen molar-refractivity contribution in [2.24, 2.45) is 0 Å². The molecular formula is C23H22Cl2N2O2. The number of benzene rings is 2. The summed E-state index contributed by atoms with van der Waals surface area (Å²) in [6, 6.07) is 12.9. The second-order valence-electron chi connectivity index (χ2n) is 7.72. The van der Waals surface area contributed by atoms with Gasteiger partial charge >= 0.3 is 0 Å². The van der Waals surface area contributed by atoms with E-state index in [1.807, 2.05) is 31.2 Å². The van der Waals surface area contributed by atoms with Crippen LogP contribution in [0.15, 0.2) is 54.7 Å². The van der Waals surface area contributed by atoms with Gasteiger partial charge in [-0.15, -0.1) is 0 Å². The molecule has 29 heavy (non-hydrogen) atoms. The lowest BCUT2D eigenvalue weighted by atomic mass is 9.64. The van der Waals surface area contributed by atoms with Crippen molar-refractivity contribution in [3.05, 3.63) is 75.9 Å². The average Bonchev–Trinajstić information content (AvgIpc) is 2.94. The lowest BCUT2D eigenvalue weighted by Gasteiger charge is -2.45. The molecule has 1 fully saturated rings. The predicted molar refractivity (Wildman–Crippen MR) is 116 cm³/mol. The molecule has 4 nitrogen and oxygen atoms in total. The minimum absolute atomic E-state index is 0.0192. The molecule has 2 aliphatic rings. The van der Waals surface area contributed by atoms with Crippen LogP contribution in [0.3, 0.4) is 0 Å². The van der Waals surface area contributed by atoms with Crippen LogP contribution in [0.1, 0.15) is 43.2 Å². The van der Waals surface area contributed by atoms with E-state index in [9.17, 15) is 9.59 Å². The van der Waals surface area contributed by atoms with Gasteiger partial charge in [-0.25, -0.2) is 0 Å². The van der Waals surface area contributed by atoms with Crippen LogP contribution in [0.25, 0.3) is 0 Å². The van der Waals surface area contributed by atoms with Crippen LogP contribution in [0, 0.1) is 0 Å². The van der Waals surface area contributed by atoms with E-state index in [4.69, 9.17) is 23.2 Å². The molecule has 0 aromatic heterocycles. The molecule has 0 saturated carbocycles. The third kappa shape index (κ3) is 3.24. The maximum absolute atomic E-state index is 13.5. The number of hydrogen-bond acceptors (Lipinski definition) is 2. The van der Waals surface area contributed by atoms with Crippen LogP contribution in [0.4, 0.5) is 5.69 Å². The summed E-state index contributed by atoms with van der Waals surface area (Å²) in [4.78, 5) is 28.2.